The number of likely N-dealkylation sites (tertiary alicyclic amines) is 1. The molecule has 3 aromatic heterocycles. The molecule has 9 heteroatoms. The molecule has 32 heavy (non-hydrogen) atoms. The van der Waals surface area contributed by atoms with E-state index in [1.807, 2.05) is 35.2 Å². The first-order chi connectivity index (χ1) is 15.8. The Bertz CT molecular complexity index is 1220. The quantitative estimate of drug-likeness (QED) is 0.453. The van der Waals surface area contributed by atoms with Crippen molar-refractivity contribution in [1.29, 1.82) is 0 Å². The van der Waals surface area contributed by atoms with Crippen molar-refractivity contribution in [2.24, 2.45) is 0 Å². The van der Waals surface area contributed by atoms with E-state index in [1.54, 1.807) is 23.1 Å². The van der Waals surface area contributed by atoms with E-state index in [9.17, 15) is 4.79 Å². The lowest BCUT2D eigenvalue weighted by molar-refractivity contribution is -0.131. The maximum atomic E-state index is 12.6. The van der Waals surface area contributed by atoms with Gasteiger partial charge in [0.15, 0.2) is 0 Å². The fourth-order valence-electron chi connectivity index (χ4n) is 3.92. The maximum absolute atomic E-state index is 12.6. The number of aromatic nitrogens is 5. The van der Waals surface area contributed by atoms with Crippen molar-refractivity contribution < 1.29 is 13.7 Å². The molecule has 0 N–H and O–H groups in total. The first kappa shape index (κ1) is 20.2. The van der Waals surface area contributed by atoms with Crippen LogP contribution < -0.4 is 0 Å². The summed E-state index contributed by atoms with van der Waals surface area (Å²) in [7, 11) is 0. The molecule has 1 amide bonds. The second-order valence-electron chi connectivity index (χ2n) is 7.87. The summed E-state index contributed by atoms with van der Waals surface area (Å²) in [6, 6.07) is 9.36. The molecule has 0 aliphatic carbocycles. The number of carbonyl (C=O) groups is 1. The number of aryl methyl sites for hydroxylation is 1. The zero-order valence-electron chi connectivity index (χ0n) is 17.7. The molecular formula is C23H24N6O3. The van der Waals surface area contributed by atoms with Crippen LogP contribution in [0.3, 0.4) is 0 Å². The molecule has 4 aromatic rings. The van der Waals surface area contributed by atoms with Crippen LogP contribution >= 0.6 is 0 Å². The lowest BCUT2D eigenvalue weighted by atomic mass is 10.2. The van der Waals surface area contributed by atoms with Crippen LogP contribution in [0.5, 0.6) is 0 Å². The third-order valence-corrected chi connectivity index (χ3v) is 5.64. The average molecular weight is 432 g/mol. The van der Waals surface area contributed by atoms with Crippen molar-refractivity contribution in [1.82, 2.24) is 30.0 Å². The molecule has 0 bridgehead atoms. The third kappa shape index (κ3) is 4.46. The zero-order chi connectivity index (χ0) is 21.8. The molecule has 0 radical (unpaired) electrons. The highest BCUT2D eigenvalue weighted by Crippen LogP contribution is 2.22. The van der Waals surface area contributed by atoms with Crippen molar-refractivity contribution in [3.63, 3.8) is 0 Å². The van der Waals surface area contributed by atoms with Gasteiger partial charge in [-0.3, -0.25) is 4.79 Å². The summed E-state index contributed by atoms with van der Waals surface area (Å²) in [5, 5.41) is 12.5. The number of amides is 1. The summed E-state index contributed by atoms with van der Waals surface area (Å²) in [5.41, 5.74) is 2.38. The summed E-state index contributed by atoms with van der Waals surface area (Å²) in [6.45, 7) is 2.24. The van der Waals surface area contributed by atoms with Crippen LogP contribution in [0.4, 0.5) is 0 Å². The molecule has 0 unspecified atom stereocenters. The Morgan fingerprint density at radius 2 is 1.97 bits per heavy atom. The summed E-state index contributed by atoms with van der Waals surface area (Å²) >= 11 is 0. The number of benzene rings is 1. The molecule has 1 aromatic carbocycles. The van der Waals surface area contributed by atoms with Crippen LogP contribution in [-0.2, 0) is 11.3 Å². The van der Waals surface area contributed by atoms with Gasteiger partial charge in [0.05, 0.1) is 18.3 Å². The minimum absolute atomic E-state index is 0.189. The minimum atomic E-state index is 0.189. The predicted molar refractivity (Wildman–Crippen MR) is 118 cm³/mol. The summed E-state index contributed by atoms with van der Waals surface area (Å²) in [5.74, 6) is 1.75. The second-order valence-corrected chi connectivity index (χ2v) is 7.87. The second kappa shape index (κ2) is 9.17. The monoisotopic (exact) mass is 432 g/mol. The number of hydrogen-bond acceptors (Lipinski definition) is 7. The van der Waals surface area contributed by atoms with Crippen molar-refractivity contribution in [2.45, 2.75) is 38.6 Å². The third-order valence-electron chi connectivity index (χ3n) is 5.64. The van der Waals surface area contributed by atoms with Crippen LogP contribution in [0.15, 0.2) is 45.5 Å². The number of furan rings is 1. The molecule has 4 heterocycles. The van der Waals surface area contributed by atoms with Gasteiger partial charge in [0.2, 0.25) is 11.7 Å². The average Bonchev–Trinajstić information content (AvgIpc) is 3.54. The summed E-state index contributed by atoms with van der Waals surface area (Å²) in [4.78, 5) is 19.0. The molecule has 5 rings (SSSR count). The smallest absolute Gasteiger partial charge is 0.251 e. The maximum Gasteiger partial charge on any atom is 0.251 e. The molecule has 1 saturated heterocycles. The van der Waals surface area contributed by atoms with Gasteiger partial charge in [-0.15, -0.1) is 5.10 Å². The van der Waals surface area contributed by atoms with E-state index in [0.717, 1.165) is 42.5 Å². The van der Waals surface area contributed by atoms with Crippen LogP contribution in [0.1, 0.15) is 43.8 Å². The van der Waals surface area contributed by atoms with Gasteiger partial charge in [-0.2, -0.15) is 4.98 Å². The highest BCUT2D eigenvalue weighted by atomic mass is 16.5. The SMILES string of the molecule is O=C(CCn1nnc2cc(-c3noc(/C=C/c4ccco4)n3)ccc21)N1CCCCCC1. The van der Waals surface area contributed by atoms with Crippen molar-refractivity contribution in [3.8, 4) is 11.4 Å². The van der Waals surface area contributed by atoms with E-state index >= 15 is 0 Å². The van der Waals surface area contributed by atoms with E-state index < -0.39 is 0 Å². The topological polar surface area (TPSA) is 103 Å². The van der Waals surface area contributed by atoms with E-state index in [0.29, 0.717) is 30.4 Å². The molecule has 0 saturated carbocycles. The minimum Gasteiger partial charge on any atom is -0.465 e. The highest BCUT2D eigenvalue weighted by molar-refractivity contribution is 5.80. The van der Waals surface area contributed by atoms with Gasteiger partial charge in [0.1, 0.15) is 11.3 Å². The molecule has 0 spiro atoms. The molecule has 0 atom stereocenters. The van der Waals surface area contributed by atoms with Crippen molar-refractivity contribution in [3.05, 3.63) is 48.2 Å². The number of fused-ring (bicyclic) bond motifs is 1. The Morgan fingerprint density at radius 3 is 2.78 bits per heavy atom. The molecule has 1 fully saturated rings. The largest absolute Gasteiger partial charge is 0.465 e. The zero-order valence-corrected chi connectivity index (χ0v) is 17.7. The molecule has 164 valence electrons. The Morgan fingerprint density at radius 1 is 1.09 bits per heavy atom. The van der Waals surface area contributed by atoms with Gasteiger partial charge in [0, 0.05) is 31.1 Å². The Labute approximate surface area is 184 Å². The first-order valence-corrected chi connectivity index (χ1v) is 10.9. The normalized spacial score (nSPS) is 14.9. The number of carbonyl (C=O) groups excluding carboxylic acids is 1. The molecular weight excluding hydrogens is 408 g/mol. The van der Waals surface area contributed by atoms with Crippen molar-refractivity contribution in [2.75, 3.05) is 13.1 Å². The Kier molecular flexibility index (Phi) is 5.78. The molecule has 1 aliphatic heterocycles. The fourth-order valence-corrected chi connectivity index (χ4v) is 3.92. The number of nitrogens with zero attached hydrogens (tertiary/aromatic N) is 6. The summed E-state index contributed by atoms with van der Waals surface area (Å²) in [6.07, 6.45) is 10.1. The van der Waals surface area contributed by atoms with Gasteiger partial charge >= 0.3 is 0 Å². The van der Waals surface area contributed by atoms with Crippen LogP contribution in [-0.4, -0.2) is 49.0 Å². The van der Waals surface area contributed by atoms with Crippen LogP contribution in [0.2, 0.25) is 0 Å². The van der Waals surface area contributed by atoms with Gasteiger partial charge in [-0.05, 0) is 49.2 Å². The number of hydrogen-bond donors (Lipinski definition) is 0. The van der Waals surface area contributed by atoms with E-state index in [4.69, 9.17) is 8.94 Å². The first-order valence-electron chi connectivity index (χ1n) is 10.9. The molecule has 1 aliphatic rings. The van der Waals surface area contributed by atoms with E-state index in [-0.39, 0.29) is 5.91 Å². The van der Waals surface area contributed by atoms with Crippen LogP contribution in [0.25, 0.3) is 34.6 Å². The Hall–Kier alpha value is -3.75. The van der Waals surface area contributed by atoms with Gasteiger partial charge in [-0.25, -0.2) is 4.68 Å². The van der Waals surface area contributed by atoms with E-state index in [1.165, 1.54) is 12.8 Å². The van der Waals surface area contributed by atoms with Crippen molar-refractivity contribution >= 4 is 29.1 Å². The number of rotatable bonds is 6. The van der Waals surface area contributed by atoms with Crippen LogP contribution in [0, 0.1) is 0 Å². The fraction of sp³-hybridized carbons (Fsp3) is 0.348. The molecule has 9 nitrogen and oxygen atoms in total. The van der Waals surface area contributed by atoms with Gasteiger partial charge in [0.25, 0.3) is 5.89 Å². The predicted octanol–water partition coefficient (Wildman–Crippen LogP) is 4.04. The van der Waals surface area contributed by atoms with E-state index in [2.05, 4.69) is 20.5 Å². The van der Waals surface area contributed by atoms with Gasteiger partial charge < -0.3 is 13.8 Å². The lowest BCUT2D eigenvalue weighted by Gasteiger charge is -2.20. The lowest BCUT2D eigenvalue weighted by Crippen LogP contribution is -2.32. The summed E-state index contributed by atoms with van der Waals surface area (Å²) < 4.78 is 12.3. The highest BCUT2D eigenvalue weighted by Gasteiger charge is 2.16. The standard InChI is InChI=1S/C23H24N6O3/c30-22(28-12-3-1-2-4-13-28)11-14-29-20-9-7-17(16-19(20)25-27-29)23-24-21(32-26-23)10-8-18-6-5-15-31-18/h5-10,15-16H,1-4,11-14H2/b10-8+. The Balaban J connectivity index is 1.26. The van der Waals surface area contributed by atoms with Gasteiger partial charge in [-0.1, -0.05) is 23.2 Å².